The van der Waals surface area contributed by atoms with Crippen molar-refractivity contribution in [2.75, 3.05) is 5.32 Å². The van der Waals surface area contributed by atoms with Gasteiger partial charge in [-0.3, -0.25) is 14.9 Å². The summed E-state index contributed by atoms with van der Waals surface area (Å²) in [5.74, 6) is -1.56. The van der Waals surface area contributed by atoms with E-state index in [-0.39, 0.29) is 22.8 Å². The van der Waals surface area contributed by atoms with Gasteiger partial charge in [-0.2, -0.15) is 0 Å². The molecule has 0 aromatic heterocycles. The largest absolute Gasteiger partial charge is 0.478 e. The molecule has 0 aliphatic carbocycles. The third kappa shape index (κ3) is 4.68. The average Bonchev–Trinajstić information content (AvgIpc) is 2.38. The van der Waals surface area contributed by atoms with E-state index >= 15 is 0 Å². The number of benzene rings is 1. The minimum Gasteiger partial charge on any atom is -0.478 e. The van der Waals surface area contributed by atoms with Gasteiger partial charge in [-0.25, -0.2) is 4.79 Å². The third-order valence-electron chi connectivity index (χ3n) is 2.67. The van der Waals surface area contributed by atoms with Gasteiger partial charge in [-0.05, 0) is 12.5 Å². The van der Waals surface area contributed by atoms with Crippen LogP contribution >= 0.6 is 0 Å². The first-order chi connectivity index (χ1) is 9.43. The second-order valence-electron chi connectivity index (χ2n) is 4.34. The monoisotopic (exact) mass is 280 g/mol. The van der Waals surface area contributed by atoms with Crippen molar-refractivity contribution in [1.29, 1.82) is 0 Å². The van der Waals surface area contributed by atoms with Crippen molar-refractivity contribution in [1.82, 2.24) is 0 Å². The summed E-state index contributed by atoms with van der Waals surface area (Å²) in [4.78, 5) is 32.5. The Hall–Kier alpha value is -2.44. The molecule has 1 aromatic rings. The van der Waals surface area contributed by atoms with E-state index < -0.39 is 10.9 Å². The van der Waals surface area contributed by atoms with Crippen molar-refractivity contribution in [3.63, 3.8) is 0 Å². The average molecular weight is 280 g/mol. The molecular formula is C13H16N2O5. The molecule has 0 atom stereocenters. The molecule has 7 heteroatoms. The summed E-state index contributed by atoms with van der Waals surface area (Å²) in [7, 11) is 0. The molecule has 2 N–H and O–H groups in total. The highest BCUT2D eigenvalue weighted by Gasteiger charge is 2.14. The number of carboxylic acid groups (broad SMARTS) is 1. The molecule has 108 valence electrons. The smallest absolute Gasteiger partial charge is 0.336 e. The number of hydrogen-bond acceptors (Lipinski definition) is 4. The molecule has 0 fully saturated rings. The standard InChI is InChI=1S/C13H16N2O5/c1-2-3-4-5-12(16)14-10-6-9(13(17)18)7-11(8-10)15(19)20/h6-8H,2-5H2,1H3,(H,14,16)(H,17,18). The Morgan fingerprint density at radius 1 is 1.30 bits per heavy atom. The Morgan fingerprint density at radius 3 is 2.55 bits per heavy atom. The first-order valence-electron chi connectivity index (χ1n) is 6.26. The molecule has 0 radical (unpaired) electrons. The Labute approximate surface area is 115 Å². The van der Waals surface area contributed by atoms with Crippen LogP contribution in [0.15, 0.2) is 18.2 Å². The molecule has 1 amide bonds. The van der Waals surface area contributed by atoms with Crippen molar-refractivity contribution in [2.45, 2.75) is 32.6 Å². The van der Waals surface area contributed by atoms with Crippen LogP contribution < -0.4 is 5.32 Å². The Morgan fingerprint density at radius 2 is 2.00 bits per heavy atom. The quantitative estimate of drug-likeness (QED) is 0.453. The van der Waals surface area contributed by atoms with Crippen LogP contribution in [0.25, 0.3) is 0 Å². The van der Waals surface area contributed by atoms with Gasteiger partial charge in [0.25, 0.3) is 5.69 Å². The van der Waals surface area contributed by atoms with Gasteiger partial charge < -0.3 is 10.4 Å². The predicted octanol–water partition coefficient (Wildman–Crippen LogP) is 2.81. The van der Waals surface area contributed by atoms with Crippen LogP contribution in [0.1, 0.15) is 43.0 Å². The summed E-state index contributed by atoms with van der Waals surface area (Å²) in [6, 6.07) is 3.30. The van der Waals surface area contributed by atoms with Crippen LogP contribution in [0.4, 0.5) is 11.4 Å². The van der Waals surface area contributed by atoms with Crippen molar-refractivity contribution in [2.24, 2.45) is 0 Å². The molecular weight excluding hydrogens is 264 g/mol. The van der Waals surface area contributed by atoms with Crippen molar-refractivity contribution < 1.29 is 19.6 Å². The Balaban J connectivity index is 2.86. The van der Waals surface area contributed by atoms with Crippen LogP contribution in [0.3, 0.4) is 0 Å². The van der Waals surface area contributed by atoms with Crippen molar-refractivity contribution >= 4 is 23.3 Å². The highest BCUT2D eigenvalue weighted by atomic mass is 16.6. The maximum absolute atomic E-state index is 11.6. The van der Waals surface area contributed by atoms with Crippen LogP contribution in [-0.2, 0) is 4.79 Å². The number of aromatic carboxylic acids is 1. The van der Waals surface area contributed by atoms with Gasteiger partial charge in [0.2, 0.25) is 5.91 Å². The second-order valence-corrected chi connectivity index (χ2v) is 4.34. The molecule has 7 nitrogen and oxygen atoms in total. The Kier molecular flexibility index (Phi) is 5.64. The maximum atomic E-state index is 11.6. The zero-order chi connectivity index (χ0) is 15.1. The summed E-state index contributed by atoms with van der Waals surface area (Å²) < 4.78 is 0. The number of rotatable bonds is 7. The van der Waals surface area contributed by atoms with Gasteiger partial charge in [0.15, 0.2) is 0 Å². The number of hydrogen-bond donors (Lipinski definition) is 2. The highest BCUT2D eigenvalue weighted by Crippen LogP contribution is 2.21. The lowest BCUT2D eigenvalue weighted by Gasteiger charge is -2.06. The third-order valence-corrected chi connectivity index (χ3v) is 2.67. The lowest BCUT2D eigenvalue weighted by molar-refractivity contribution is -0.384. The summed E-state index contributed by atoms with van der Waals surface area (Å²) in [5, 5.41) is 22.1. The topological polar surface area (TPSA) is 110 Å². The number of nitrogens with one attached hydrogen (secondary N) is 1. The fourth-order valence-corrected chi connectivity index (χ4v) is 1.67. The second kappa shape index (κ2) is 7.22. The Bertz CT molecular complexity index is 495. The first-order valence-corrected chi connectivity index (χ1v) is 6.26. The van der Waals surface area contributed by atoms with Crippen LogP contribution in [0, 0.1) is 10.1 Å². The van der Waals surface area contributed by atoms with Gasteiger partial charge in [0, 0.05) is 24.2 Å². The molecule has 20 heavy (non-hydrogen) atoms. The van der Waals surface area contributed by atoms with E-state index in [1.54, 1.807) is 0 Å². The fourth-order valence-electron chi connectivity index (χ4n) is 1.67. The highest BCUT2D eigenvalue weighted by molar-refractivity contribution is 5.94. The van der Waals surface area contributed by atoms with Gasteiger partial charge in [0.05, 0.1) is 10.5 Å². The summed E-state index contributed by atoms with van der Waals surface area (Å²) >= 11 is 0. The molecule has 0 unspecified atom stereocenters. The van der Waals surface area contributed by atoms with Crippen LogP contribution in [-0.4, -0.2) is 21.9 Å². The SMILES string of the molecule is CCCCCC(=O)Nc1cc(C(=O)O)cc([N+](=O)[O-])c1. The molecule has 0 saturated carbocycles. The van der Waals surface area contributed by atoms with E-state index in [2.05, 4.69) is 5.32 Å². The zero-order valence-corrected chi connectivity index (χ0v) is 11.1. The van der Waals surface area contributed by atoms with Crippen LogP contribution in [0.2, 0.25) is 0 Å². The van der Waals surface area contributed by atoms with E-state index in [1.165, 1.54) is 6.07 Å². The number of carbonyl (C=O) groups is 2. The molecule has 1 rings (SSSR count). The van der Waals surface area contributed by atoms with Crippen molar-refractivity contribution in [3.05, 3.63) is 33.9 Å². The number of carboxylic acids is 1. The fraction of sp³-hybridized carbons (Fsp3) is 0.385. The molecule has 0 spiro atoms. The van der Waals surface area contributed by atoms with E-state index in [0.717, 1.165) is 31.4 Å². The van der Waals surface area contributed by atoms with Gasteiger partial charge in [-0.15, -0.1) is 0 Å². The molecule has 0 aliphatic heterocycles. The van der Waals surface area contributed by atoms with E-state index in [1.807, 2.05) is 6.92 Å². The van der Waals surface area contributed by atoms with E-state index in [4.69, 9.17) is 5.11 Å². The lowest BCUT2D eigenvalue weighted by atomic mass is 10.1. The molecule has 0 bridgehead atoms. The number of non-ortho nitro benzene ring substituents is 1. The van der Waals surface area contributed by atoms with E-state index in [9.17, 15) is 19.7 Å². The van der Waals surface area contributed by atoms with E-state index in [0.29, 0.717) is 6.42 Å². The number of carbonyl (C=O) groups excluding carboxylic acids is 1. The van der Waals surface area contributed by atoms with Gasteiger partial charge in [-0.1, -0.05) is 19.8 Å². The summed E-state index contributed by atoms with van der Waals surface area (Å²) in [6.45, 7) is 2.01. The number of nitro groups is 1. The number of nitrogens with zero attached hydrogens (tertiary/aromatic N) is 1. The number of unbranched alkanes of at least 4 members (excludes halogenated alkanes) is 2. The number of amides is 1. The molecule has 0 heterocycles. The van der Waals surface area contributed by atoms with Crippen molar-refractivity contribution in [3.8, 4) is 0 Å². The first kappa shape index (κ1) is 15.6. The normalized spacial score (nSPS) is 10.1. The van der Waals surface area contributed by atoms with Gasteiger partial charge >= 0.3 is 5.97 Å². The number of anilines is 1. The lowest BCUT2D eigenvalue weighted by Crippen LogP contribution is -2.12. The molecule has 0 aliphatic rings. The molecule has 0 saturated heterocycles. The summed E-state index contributed by atoms with van der Waals surface area (Å²) in [5.41, 5.74) is -0.477. The maximum Gasteiger partial charge on any atom is 0.336 e. The minimum atomic E-state index is -1.28. The minimum absolute atomic E-state index is 0.123. The number of nitro benzene ring substituents is 1. The molecule has 1 aromatic carbocycles. The predicted molar refractivity (Wildman–Crippen MR) is 72.8 cm³/mol. The zero-order valence-electron chi connectivity index (χ0n) is 11.1. The summed E-state index contributed by atoms with van der Waals surface area (Å²) in [6.07, 6.45) is 2.93. The van der Waals surface area contributed by atoms with Gasteiger partial charge in [0.1, 0.15) is 0 Å². The van der Waals surface area contributed by atoms with Crippen LogP contribution in [0.5, 0.6) is 0 Å².